The number of hydrogen-bond acceptors (Lipinski definition) is 0. The quantitative estimate of drug-likeness (QED) is 0.540. The standard InChI is InChI=1S/C11H20/c1-4-9-7-10(5-2)11(6-3)8-9/h7,10-11H,4-6,8H2,1-3H3. The van der Waals surface area contributed by atoms with E-state index in [1.807, 2.05) is 0 Å². The predicted octanol–water partition coefficient (Wildman–Crippen LogP) is 3.78. The first kappa shape index (κ1) is 8.83. The van der Waals surface area contributed by atoms with Gasteiger partial charge in [-0.05, 0) is 31.1 Å². The van der Waals surface area contributed by atoms with E-state index in [4.69, 9.17) is 0 Å². The van der Waals surface area contributed by atoms with Crippen LogP contribution >= 0.6 is 0 Å². The van der Waals surface area contributed by atoms with E-state index < -0.39 is 0 Å². The Morgan fingerprint density at radius 2 is 2.00 bits per heavy atom. The topological polar surface area (TPSA) is 0 Å². The molecule has 0 heterocycles. The van der Waals surface area contributed by atoms with E-state index in [2.05, 4.69) is 26.8 Å². The summed E-state index contributed by atoms with van der Waals surface area (Å²) < 4.78 is 0. The SMILES string of the molecule is CCC1=CC(CC)C(CC)C1. The third kappa shape index (κ3) is 1.85. The molecule has 0 amide bonds. The van der Waals surface area contributed by atoms with Gasteiger partial charge in [0.15, 0.2) is 0 Å². The zero-order valence-electron chi connectivity index (χ0n) is 8.06. The van der Waals surface area contributed by atoms with E-state index in [1.165, 1.54) is 25.7 Å². The van der Waals surface area contributed by atoms with Crippen LogP contribution in [0.4, 0.5) is 0 Å². The maximum Gasteiger partial charge on any atom is -0.0202 e. The first-order valence-electron chi connectivity index (χ1n) is 5.01. The summed E-state index contributed by atoms with van der Waals surface area (Å²) in [6.07, 6.45) is 7.87. The van der Waals surface area contributed by atoms with Crippen LogP contribution in [0.1, 0.15) is 46.5 Å². The van der Waals surface area contributed by atoms with Crippen molar-refractivity contribution in [1.82, 2.24) is 0 Å². The first-order valence-corrected chi connectivity index (χ1v) is 5.01. The van der Waals surface area contributed by atoms with Crippen LogP contribution in [0.2, 0.25) is 0 Å². The Morgan fingerprint density at radius 1 is 1.27 bits per heavy atom. The highest BCUT2D eigenvalue weighted by molar-refractivity contribution is 5.12. The van der Waals surface area contributed by atoms with Gasteiger partial charge in [-0.2, -0.15) is 0 Å². The van der Waals surface area contributed by atoms with Gasteiger partial charge in [-0.15, -0.1) is 0 Å². The van der Waals surface area contributed by atoms with Crippen molar-refractivity contribution in [2.45, 2.75) is 46.5 Å². The van der Waals surface area contributed by atoms with Crippen molar-refractivity contribution in [2.24, 2.45) is 11.8 Å². The summed E-state index contributed by atoms with van der Waals surface area (Å²) in [5.74, 6) is 1.87. The molecule has 2 unspecified atom stereocenters. The molecule has 1 aliphatic rings. The fourth-order valence-corrected chi connectivity index (χ4v) is 2.16. The van der Waals surface area contributed by atoms with Gasteiger partial charge in [0.05, 0.1) is 0 Å². The molecule has 0 radical (unpaired) electrons. The van der Waals surface area contributed by atoms with Crippen LogP contribution in [0.3, 0.4) is 0 Å². The minimum absolute atomic E-state index is 0.898. The summed E-state index contributed by atoms with van der Waals surface area (Å²) in [5.41, 5.74) is 1.70. The van der Waals surface area contributed by atoms with Crippen LogP contribution in [-0.4, -0.2) is 0 Å². The molecule has 0 saturated carbocycles. The smallest absolute Gasteiger partial charge is 0.0202 e. The molecule has 1 rings (SSSR count). The van der Waals surface area contributed by atoms with Gasteiger partial charge in [0.2, 0.25) is 0 Å². The second-order valence-electron chi connectivity index (χ2n) is 3.62. The van der Waals surface area contributed by atoms with Crippen LogP contribution in [0.15, 0.2) is 11.6 Å². The number of allylic oxidation sites excluding steroid dienone is 2. The summed E-state index contributed by atoms with van der Waals surface area (Å²) in [7, 11) is 0. The van der Waals surface area contributed by atoms with Gasteiger partial charge in [0, 0.05) is 0 Å². The molecule has 2 atom stereocenters. The molecule has 0 bridgehead atoms. The van der Waals surface area contributed by atoms with Crippen molar-refractivity contribution >= 4 is 0 Å². The third-order valence-corrected chi connectivity index (χ3v) is 3.03. The Hall–Kier alpha value is -0.260. The molecule has 0 aromatic rings. The molecular weight excluding hydrogens is 132 g/mol. The van der Waals surface area contributed by atoms with Gasteiger partial charge in [-0.1, -0.05) is 38.8 Å². The molecule has 0 nitrogen and oxygen atoms in total. The van der Waals surface area contributed by atoms with Gasteiger partial charge < -0.3 is 0 Å². The largest absolute Gasteiger partial charge is 0.0819 e. The zero-order valence-corrected chi connectivity index (χ0v) is 8.06. The minimum atomic E-state index is 0.898. The van der Waals surface area contributed by atoms with Crippen molar-refractivity contribution in [1.29, 1.82) is 0 Å². The first-order chi connectivity index (χ1) is 5.31. The summed E-state index contributed by atoms with van der Waals surface area (Å²) in [5, 5.41) is 0. The fourth-order valence-electron chi connectivity index (χ4n) is 2.16. The maximum atomic E-state index is 2.52. The Bertz CT molecular complexity index is 144. The van der Waals surface area contributed by atoms with Gasteiger partial charge in [-0.25, -0.2) is 0 Å². The molecule has 0 spiro atoms. The molecule has 11 heavy (non-hydrogen) atoms. The molecule has 64 valence electrons. The number of rotatable bonds is 3. The Balaban J connectivity index is 2.53. The maximum absolute atomic E-state index is 2.52. The summed E-state index contributed by atoms with van der Waals surface area (Å²) in [6.45, 7) is 6.90. The highest BCUT2D eigenvalue weighted by Gasteiger charge is 2.23. The highest BCUT2D eigenvalue weighted by atomic mass is 14.3. The van der Waals surface area contributed by atoms with Crippen LogP contribution in [0.25, 0.3) is 0 Å². The van der Waals surface area contributed by atoms with E-state index in [1.54, 1.807) is 5.57 Å². The lowest BCUT2D eigenvalue weighted by atomic mass is 9.91. The van der Waals surface area contributed by atoms with Gasteiger partial charge in [0.25, 0.3) is 0 Å². The molecule has 0 aromatic heterocycles. The highest BCUT2D eigenvalue weighted by Crippen LogP contribution is 2.35. The van der Waals surface area contributed by atoms with Crippen molar-refractivity contribution in [3.8, 4) is 0 Å². The van der Waals surface area contributed by atoms with Gasteiger partial charge in [-0.3, -0.25) is 0 Å². The molecule has 0 aliphatic heterocycles. The lowest BCUT2D eigenvalue weighted by Crippen LogP contribution is -2.04. The van der Waals surface area contributed by atoms with E-state index >= 15 is 0 Å². The van der Waals surface area contributed by atoms with Crippen molar-refractivity contribution in [3.63, 3.8) is 0 Å². The lowest BCUT2D eigenvalue weighted by molar-refractivity contribution is 0.398. The normalized spacial score (nSPS) is 30.6. The predicted molar refractivity (Wildman–Crippen MR) is 50.6 cm³/mol. The van der Waals surface area contributed by atoms with E-state index in [9.17, 15) is 0 Å². The average molecular weight is 152 g/mol. The van der Waals surface area contributed by atoms with E-state index in [0.717, 1.165) is 11.8 Å². The molecule has 0 N–H and O–H groups in total. The lowest BCUT2D eigenvalue weighted by Gasteiger charge is -2.14. The molecule has 0 saturated heterocycles. The zero-order chi connectivity index (χ0) is 8.27. The van der Waals surface area contributed by atoms with Crippen molar-refractivity contribution < 1.29 is 0 Å². The summed E-state index contributed by atoms with van der Waals surface area (Å²) in [4.78, 5) is 0. The van der Waals surface area contributed by atoms with Crippen molar-refractivity contribution in [2.75, 3.05) is 0 Å². The van der Waals surface area contributed by atoms with Crippen LogP contribution in [-0.2, 0) is 0 Å². The molecule has 0 heteroatoms. The second-order valence-corrected chi connectivity index (χ2v) is 3.62. The summed E-state index contributed by atoms with van der Waals surface area (Å²) in [6, 6.07) is 0. The van der Waals surface area contributed by atoms with Gasteiger partial charge in [0.1, 0.15) is 0 Å². The fraction of sp³-hybridized carbons (Fsp3) is 0.818. The average Bonchev–Trinajstić information content (AvgIpc) is 2.46. The Morgan fingerprint density at radius 3 is 2.36 bits per heavy atom. The molecular formula is C11H20. The van der Waals surface area contributed by atoms with Crippen LogP contribution in [0, 0.1) is 11.8 Å². The Kier molecular flexibility index (Phi) is 3.16. The van der Waals surface area contributed by atoms with Crippen LogP contribution in [0.5, 0.6) is 0 Å². The van der Waals surface area contributed by atoms with Crippen LogP contribution < -0.4 is 0 Å². The molecule has 1 aliphatic carbocycles. The van der Waals surface area contributed by atoms with Gasteiger partial charge >= 0.3 is 0 Å². The Labute approximate surface area is 70.7 Å². The minimum Gasteiger partial charge on any atom is -0.0819 e. The van der Waals surface area contributed by atoms with E-state index in [-0.39, 0.29) is 0 Å². The third-order valence-electron chi connectivity index (χ3n) is 3.03. The van der Waals surface area contributed by atoms with Crippen molar-refractivity contribution in [3.05, 3.63) is 11.6 Å². The second kappa shape index (κ2) is 3.94. The monoisotopic (exact) mass is 152 g/mol. The summed E-state index contributed by atoms with van der Waals surface area (Å²) >= 11 is 0. The number of hydrogen-bond donors (Lipinski definition) is 0. The molecule has 0 aromatic carbocycles. The molecule has 0 fully saturated rings. The van der Waals surface area contributed by atoms with E-state index in [0.29, 0.717) is 0 Å².